The Hall–Kier alpha value is -2.84. The van der Waals surface area contributed by atoms with Gasteiger partial charge in [0, 0.05) is 47.2 Å². The number of anilines is 1. The van der Waals surface area contributed by atoms with E-state index in [2.05, 4.69) is 4.98 Å². The lowest BCUT2D eigenvalue weighted by Crippen LogP contribution is -2.23. The summed E-state index contributed by atoms with van der Waals surface area (Å²) < 4.78 is 80.3. The van der Waals surface area contributed by atoms with E-state index in [4.69, 9.17) is 0 Å². The van der Waals surface area contributed by atoms with Crippen molar-refractivity contribution in [3.63, 3.8) is 0 Å². The number of rotatable bonds is 3. The van der Waals surface area contributed by atoms with Gasteiger partial charge in [-0.1, -0.05) is 19.1 Å². The number of halogens is 6. The van der Waals surface area contributed by atoms with Crippen LogP contribution in [0.4, 0.5) is 32.0 Å². The number of Topliss-reactive ketones (excluding diaryl/α,β-unsaturated/α-hetero) is 1. The molecule has 29 heavy (non-hydrogen) atoms. The normalized spacial score (nSPS) is 12.6. The SMILES string of the molecule is CCc1cc(C(F)(F)F)c2ccc3c(N(C)C)ccc(C(=O)C(F)(F)F)c3c2n1. The molecule has 1 aromatic heterocycles. The molecule has 3 nitrogen and oxygen atoms in total. The van der Waals surface area contributed by atoms with Crippen LogP contribution < -0.4 is 4.90 Å². The first-order valence-electron chi connectivity index (χ1n) is 8.61. The number of pyridine rings is 1. The maximum atomic E-state index is 13.6. The summed E-state index contributed by atoms with van der Waals surface area (Å²) in [6.45, 7) is 1.59. The quantitative estimate of drug-likeness (QED) is 0.310. The van der Waals surface area contributed by atoms with Crippen LogP contribution in [0.15, 0.2) is 30.3 Å². The minimum absolute atomic E-state index is 0.0676. The van der Waals surface area contributed by atoms with Crippen LogP contribution in [0.3, 0.4) is 0 Å². The van der Waals surface area contributed by atoms with Crippen molar-refractivity contribution < 1.29 is 31.1 Å². The molecule has 2 aromatic carbocycles. The fraction of sp³-hybridized carbons (Fsp3) is 0.300. The highest BCUT2D eigenvalue weighted by Crippen LogP contribution is 2.41. The summed E-state index contributed by atoms with van der Waals surface area (Å²) in [6, 6.07) is 5.68. The summed E-state index contributed by atoms with van der Waals surface area (Å²) in [5, 5.41) is -0.377. The van der Waals surface area contributed by atoms with Gasteiger partial charge in [0.15, 0.2) is 0 Å². The smallest absolute Gasteiger partial charge is 0.377 e. The van der Waals surface area contributed by atoms with Crippen molar-refractivity contribution in [2.75, 3.05) is 19.0 Å². The number of hydrogen-bond donors (Lipinski definition) is 0. The third kappa shape index (κ3) is 3.61. The largest absolute Gasteiger partial charge is 0.454 e. The van der Waals surface area contributed by atoms with E-state index in [1.54, 1.807) is 25.9 Å². The Balaban J connectivity index is 2.59. The standard InChI is InChI=1S/C20H16F6N2O/c1-4-10-9-14(19(21,22)23)11-5-6-12-15(28(2)3)8-7-13(16(12)17(11)27-10)18(29)20(24,25)26/h5-9H,4H2,1-3H3. The number of hydrogen-bond acceptors (Lipinski definition) is 3. The van der Waals surface area contributed by atoms with Gasteiger partial charge in [0.2, 0.25) is 0 Å². The summed E-state index contributed by atoms with van der Waals surface area (Å²) in [7, 11) is 3.28. The Bertz CT molecular complexity index is 1120. The first-order chi connectivity index (χ1) is 13.4. The first kappa shape index (κ1) is 20.9. The van der Waals surface area contributed by atoms with E-state index in [0.29, 0.717) is 5.69 Å². The molecule has 0 aliphatic rings. The van der Waals surface area contributed by atoms with Crippen LogP contribution in [0.25, 0.3) is 21.7 Å². The van der Waals surface area contributed by atoms with E-state index in [1.165, 1.54) is 18.2 Å². The number of ketones is 1. The van der Waals surface area contributed by atoms with Crippen molar-refractivity contribution in [2.24, 2.45) is 0 Å². The van der Waals surface area contributed by atoms with E-state index < -0.39 is 29.3 Å². The zero-order chi connectivity index (χ0) is 21.7. The number of alkyl halides is 6. The summed E-state index contributed by atoms with van der Waals surface area (Å²) in [5.74, 6) is -2.13. The minimum atomic E-state index is -5.18. The van der Waals surface area contributed by atoms with E-state index in [9.17, 15) is 31.1 Å². The lowest BCUT2D eigenvalue weighted by molar-refractivity contribution is -0.136. The van der Waals surface area contributed by atoms with Crippen LogP contribution >= 0.6 is 0 Å². The van der Waals surface area contributed by atoms with Crippen molar-refractivity contribution in [3.8, 4) is 0 Å². The number of nitrogens with zero attached hydrogens (tertiary/aromatic N) is 2. The zero-order valence-corrected chi connectivity index (χ0v) is 15.7. The average Bonchev–Trinajstić information content (AvgIpc) is 2.63. The van der Waals surface area contributed by atoms with Crippen molar-refractivity contribution in [2.45, 2.75) is 25.7 Å². The van der Waals surface area contributed by atoms with Crippen molar-refractivity contribution in [3.05, 3.63) is 47.2 Å². The molecule has 0 radical (unpaired) electrons. The number of carbonyl (C=O) groups is 1. The molecule has 0 N–H and O–H groups in total. The molecule has 154 valence electrons. The molecule has 0 fully saturated rings. The molecule has 1 heterocycles. The molecular weight excluding hydrogens is 398 g/mol. The summed E-state index contributed by atoms with van der Waals surface area (Å²) in [4.78, 5) is 17.8. The predicted octanol–water partition coefficient (Wildman–Crippen LogP) is 5.78. The first-order valence-corrected chi connectivity index (χ1v) is 8.61. The lowest BCUT2D eigenvalue weighted by Gasteiger charge is -2.20. The molecule has 0 spiro atoms. The van der Waals surface area contributed by atoms with Crippen LogP contribution in [0.1, 0.15) is 28.5 Å². The lowest BCUT2D eigenvalue weighted by atomic mass is 9.94. The second-order valence-electron chi connectivity index (χ2n) is 6.75. The van der Waals surface area contributed by atoms with Crippen LogP contribution in [-0.2, 0) is 12.6 Å². The Morgan fingerprint density at radius 2 is 1.62 bits per heavy atom. The van der Waals surface area contributed by atoms with Gasteiger partial charge in [-0.25, -0.2) is 0 Å². The highest BCUT2D eigenvalue weighted by molar-refractivity contribution is 6.21. The minimum Gasteiger partial charge on any atom is -0.377 e. The number of aromatic nitrogens is 1. The highest BCUT2D eigenvalue weighted by Gasteiger charge is 2.41. The molecule has 0 unspecified atom stereocenters. The van der Waals surface area contributed by atoms with Crippen molar-refractivity contribution in [1.82, 2.24) is 4.98 Å². The Morgan fingerprint density at radius 1 is 1.00 bits per heavy atom. The molecule has 3 rings (SSSR count). The molecular formula is C20H16F6N2O. The molecule has 0 amide bonds. The van der Waals surface area contributed by atoms with E-state index in [-0.39, 0.29) is 33.8 Å². The van der Waals surface area contributed by atoms with Gasteiger partial charge in [0.25, 0.3) is 5.78 Å². The van der Waals surface area contributed by atoms with Crippen LogP contribution in [0.5, 0.6) is 0 Å². The second-order valence-corrected chi connectivity index (χ2v) is 6.75. The molecule has 9 heteroatoms. The maximum absolute atomic E-state index is 13.6. The summed E-state index contributed by atoms with van der Waals surface area (Å²) in [6.07, 6.45) is -9.76. The van der Waals surface area contributed by atoms with Crippen molar-refractivity contribution in [1.29, 1.82) is 0 Å². The highest BCUT2D eigenvalue weighted by atomic mass is 19.4. The fourth-order valence-electron chi connectivity index (χ4n) is 3.31. The van der Waals surface area contributed by atoms with Gasteiger partial charge in [-0.2, -0.15) is 26.3 Å². The molecule has 0 aliphatic heterocycles. The fourth-order valence-corrected chi connectivity index (χ4v) is 3.31. The molecule has 3 aromatic rings. The van der Waals surface area contributed by atoms with Gasteiger partial charge in [-0.15, -0.1) is 0 Å². The molecule has 0 bridgehead atoms. The number of fused-ring (bicyclic) bond motifs is 3. The predicted molar refractivity (Wildman–Crippen MR) is 98.3 cm³/mol. The van der Waals surface area contributed by atoms with E-state index >= 15 is 0 Å². The Labute approximate surface area is 161 Å². The third-order valence-corrected chi connectivity index (χ3v) is 4.64. The van der Waals surface area contributed by atoms with Gasteiger partial charge in [0.05, 0.1) is 11.1 Å². The van der Waals surface area contributed by atoms with E-state index in [0.717, 1.165) is 12.1 Å². The Kier molecular flexibility index (Phi) is 4.96. The van der Waals surface area contributed by atoms with Gasteiger partial charge in [0.1, 0.15) is 0 Å². The molecule has 0 atom stereocenters. The van der Waals surface area contributed by atoms with Crippen LogP contribution in [0.2, 0.25) is 0 Å². The van der Waals surface area contributed by atoms with Gasteiger partial charge in [-0.3, -0.25) is 9.78 Å². The van der Waals surface area contributed by atoms with Crippen molar-refractivity contribution >= 4 is 33.1 Å². The Morgan fingerprint density at radius 3 is 2.14 bits per heavy atom. The molecule has 0 saturated carbocycles. The van der Waals surface area contributed by atoms with Crippen LogP contribution in [0, 0.1) is 0 Å². The summed E-state index contributed by atoms with van der Waals surface area (Å²) in [5.41, 5.74) is -1.47. The number of aryl methyl sites for hydroxylation is 1. The third-order valence-electron chi connectivity index (χ3n) is 4.64. The maximum Gasteiger partial charge on any atom is 0.454 e. The van der Waals surface area contributed by atoms with Crippen LogP contribution in [-0.4, -0.2) is 31.0 Å². The number of carbonyl (C=O) groups excluding carboxylic acids is 1. The molecule has 0 aliphatic carbocycles. The number of benzene rings is 2. The zero-order valence-electron chi connectivity index (χ0n) is 15.7. The monoisotopic (exact) mass is 414 g/mol. The molecule has 0 saturated heterocycles. The van der Waals surface area contributed by atoms with Gasteiger partial charge < -0.3 is 4.90 Å². The van der Waals surface area contributed by atoms with Gasteiger partial charge >= 0.3 is 12.4 Å². The summed E-state index contributed by atoms with van der Waals surface area (Å²) >= 11 is 0. The van der Waals surface area contributed by atoms with E-state index in [1.807, 2.05) is 0 Å². The second kappa shape index (κ2) is 6.89. The average molecular weight is 414 g/mol. The topological polar surface area (TPSA) is 33.2 Å². The van der Waals surface area contributed by atoms with Gasteiger partial charge in [-0.05, 0) is 24.6 Å².